The number of aromatic nitrogens is 2. The Morgan fingerprint density at radius 1 is 1.29 bits per heavy atom. The van der Waals surface area contributed by atoms with Crippen LogP contribution >= 0.6 is 11.6 Å². The molecule has 3 aromatic rings. The summed E-state index contributed by atoms with van der Waals surface area (Å²) in [4.78, 5) is 4.45. The van der Waals surface area contributed by atoms with Gasteiger partial charge in [-0.05, 0) is 24.1 Å². The maximum Gasteiger partial charge on any atom is 0.146 e. The lowest BCUT2D eigenvalue weighted by Gasteiger charge is -2.04. The third-order valence-electron chi connectivity index (χ3n) is 2.95. The quantitative estimate of drug-likeness (QED) is 0.754. The number of halogens is 1. The van der Waals surface area contributed by atoms with Crippen LogP contribution in [0.1, 0.15) is 5.69 Å². The molecular weight excluding hydrogens is 234 g/mol. The van der Waals surface area contributed by atoms with Crippen LogP contribution in [0, 0.1) is 0 Å². The van der Waals surface area contributed by atoms with Gasteiger partial charge in [0.2, 0.25) is 0 Å². The molecule has 0 bridgehead atoms. The molecular formula is C13H12ClN3. The Labute approximate surface area is 104 Å². The summed E-state index contributed by atoms with van der Waals surface area (Å²) < 4.78 is 2.06. The van der Waals surface area contributed by atoms with Gasteiger partial charge >= 0.3 is 0 Å². The van der Waals surface area contributed by atoms with Crippen molar-refractivity contribution in [3.63, 3.8) is 0 Å². The van der Waals surface area contributed by atoms with Crippen molar-refractivity contribution in [1.29, 1.82) is 0 Å². The molecule has 86 valence electrons. The molecule has 0 saturated carbocycles. The number of nitrogens with zero attached hydrogens (tertiary/aromatic N) is 2. The SMILES string of the molecule is NCCc1cnc2c3c(Cl)cccc3ccn12. The van der Waals surface area contributed by atoms with Gasteiger partial charge in [0.25, 0.3) is 0 Å². The molecule has 0 aliphatic rings. The first-order chi connectivity index (χ1) is 8.31. The van der Waals surface area contributed by atoms with E-state index in [4.69, 9.17) is 17.3 Å². The molecule has 1 aromatic carbocycles. The number of fused-ring (bicyclic) bond motifs is 3. The zero-order valence-electron chi connectivity index (χ0n) is 9.23. The van der Waals surface area contributed by atoms with Gasteiger partial charge < -0.3 is 10.1 Å². The molecule has 2 heterocycles. The van der Waals surface area contributed by atoms with Crippen molar-refractivity contribution in [1.82, 2.24) is 9.38 Å². The summed E-state index contributed by atoms with van der Waals surface area (Å²) in [6.07, 6.45) is 4.70. The minimum Gasteiger partial charge on any atom is -0.330 e. The van der Waals surface area contributed by atoms with E-state index in [1.54, 1.807) is 0 Å². The van der Waals surface area contributed by atoms with Gasteiger partial charge in [0.15, 0.2) is 0 Å². The summed E-state index contributed by atoms with van der Waals surface area (Å²) in [6, 6.07) is 7.93. The van der Waals surface area contributed by atoms with E-state index in [2.05, 4.69) is 15.5 Å². The Kier molecular flexibility index (Phi) is 2.50. The molecule has 17 heavy (non-hydrogen) atoms. The zero-order valence-corrected chi connectivity index (χ0v) is 9.98. The van der Waals surface area contributed by atoms with Crippen LogP contribution in [0.3, 0.4) is 0 Å². The Bertz CT molecular complexity index is 688. The number of hydrogen-bond donors (Lipinski definition) is 1. The molecule has 3 nitrogen and oxygen atoms in total. The van der Waals surface area contributed by atoms with Crippen LogP contribution in [-0.2, 0) is 6.42 Å². The topological polar surface area (TPSA) is 43.3 Å². The average molecular weight is 246 g/mol. The largest absolute Gasteiger partial charge is 0.330 e. The number of benzene rings is 1. The first-order valence-electron chi connectivity index (χ1n) is 5.54. The van der Waals surface area contributed by atoms with E-state index in [1.807, 2.05) is 30.6 Å². The smallest absolute Gasteiger partial charge is 0.146 e. The summed E-state index contributed by atoms with van der Waals surface area (Å²) in [5, 5.41) is 2.84. The van der Waals surface area contributed by atoms with Crippen molar-refractivity contribution in [3.8, 4) is 0 Å². The zero-order chi connectivity index (χ0) is 11.8. The van der Waals surface area contributed by atoms with Crippen molar-refractivity contribution in [2.24, 2.45) is 5.73 Å². The second-order valence-electron chi connectivity index (χ2n) is 4.00. The van der Waals surface area contributed by atoms with Gasteiger partial charge in [-0.3, -0.25) is 0 Å². The molecule has 0 atom stereocenters. The Morgan fingerprint density at radius 3 is 3.00 bits per heavy atom. The van der Waals surface area contributed by atoms with E-state index in [9.17, 15) is 0 Å². The van der Waals surface area contributed by atoms with Gasteiger partial charge in [0.1, 0.15) is 5.65 Å². The third-order valence-corrected chi connectivity index (χ3v) is 3.26. The number of hydrogen-bond acceptors (Lipinski definition) is 2. The van der Waals surface area contributed by atoms with Crippen LogP contribution in [0.15, 0.2) is 36.7 Å². The lowest BCUT2D eigenvalue weighted by atomic mass is 10.1. The minimum absolute atomic E-state index is 0.619. The lowest BCUT2D eigenvalue weighted by Crippen LogP contribution is -2.04. The van der Waals surface area contributed by atoms with Crippen molar-refractivity contribution in [2.45, 2.75) is 6.42 Å². The van der Waals surface area contributed by atoms with E-state index in [1.165, 1.54) is 0 Å². The number of nitrogens with two attached hydrogens (primary N) is 1. The predicted molar refractivity (Wildman–Crippen MR) is 70.5 cm³/mol. The van der Waals surface area contributed by atoms with Crippen LogP contribution in [0.4, 0.5) is 0 Å². The monoisotopic (exact) mass is 245 g/mol. The first kappa shape index (κ1) is 10.6. The molecule has 0 spiro atoms. The van der Waals surface area contributed by atoms with E-state index in [-0.39, 0.29) is 0 Å². The molecule has 0 aliphatic carbocycles. The molecule has 2 N–H and O–H groups in total. The highest BCUT2D eigenvalue weighted by molar-refractivity contribution is 6.36. The number of rotatable bonds is 2. The molecule has 3 rings (SSSR count). The summed E-state index contributed by atoms with van der Waals surface area (Å²) in [6.45, 7) is 0.619. The Hall–Kier alpha value is -1.58. The van der Waals surface area contributed by atoms with Crippen LogP contribution < -0.4 is 5.73 Å². The van der Waals surface area contributed by atoms with Gasteiger partial charge in [-0.2, -0.15) is 0 Å². The first-order valence-corrected chi connectivity index (χ1v) is 5.92. The van der Waals surface area contributed by atoms with Crippen LogP contribution in [-0.4, -0.2) is 15.9 Å². The van der Waals surface area contributed by atoms with Crippen LogP contribution in [0.5, 0.6) is 0 Å². The normalized spacial score (nSPS) is 11.4. The van der Waals surface area contributed by atoms with Crippen molar-refractivity contribution >= 4 is 28.0 Å². The summed E-state index contributed by atoms with van der Waals surface area (Å²) in [5.41, 5.74) is 7.60. The molecule has 4 heteroatoms. The molecule has 0 amide bonds. The highest BCUT2D eigenvalue weighted by Crippen LogP contribution is 2.27. The standard InChI is InChI=1S/C13H12ClN3/c14-11-3-1-2-9-5-7-17-10(4-6-15)8-16-13(17)12(9)11/h1-3,5,7-8H,4,6,15H2. The lowest BCUT2D eigenvalue weighted by molar-refractivity contribution is 0.906. The minimum atomic E-state index is 0.619. The molecule has 0 aliphatic heterocycles. The summed E-state index contributed by atoms with van der Waals surface area (Å²) in [5.74, 6) is 0. The fourth-order valence-electron chi connectivity index (χ4n) is 2.15. The van der Waals surface area contributed by atoms with E-state index < -0.39 is 0 Å². The summed E-state index contributed by atoms with van der Waals surface area (Å²) >= 11 is 6.24. The van der Waals surface area contributed by atoms with Crippen molar-refractivity contribution in [2.75, 3.05) is 6.54 Å². The molecule has 0 fully saturated rings. The van der Waals surface area contributed by atoms with Crippen LogP contribution in [0.2, 0.25) is 5.02 Å². The van der Waals surface area contributed by atoms with Crippen LogP contribution in [0.25, 0.3) is 16.4 Å². The van der Waals surface area contributed by atoms with Gasteiger partial charge in [-0.25, -0.2) is 4.98 Å². The fraction of sp³-hybridized carbons (Fsp3) is 0.154. The highest BCUT2D eigenvalue weighted by atomic mass is 35.5. The van der Waals surface area contributed by atoms with Gasteiger partial charge in [0.05, 0.1) is 5.02 Å². The highest BCUT2D eigenvalue weighted by Gasteiger charge is 2.08. The maximum absolute atomic E-state index is 6.24. The molecule has 2 aromatic heterocycles. The number of pyridine rings is 1. The molecule has 0 unspecified atom stereocenters. The molecule has 0 radical (unpaired) electrons. The van der Waals surface area contributed by atoms with Gasteiger partial charge in [-0.1, -0.05) is 23.7 Å². The Morgan fingerprint density at radius 2 is 2.18 bits per heavy atom. The van der Waals surface area contributed by atoms with Gasteiger partial charge in [-0.15, -0.1) is 0 Å². The summed E-state index contributed by atoms with van der Waals surface area (Å²) in [7, 11) is 0. The Balaban J connectivity index is 2.40. The fourth-order valence-corrected chi connectivity index (χ4v) is 2.42. The predicted octanol–water partition coefficient (Wildman–Crippen LogP) is 2.64. The van der Waals surface area contributed by atoms with Gasteiger partial charge in [0, 0.05) is 29.9 Å². The number of imidazole rings is 1. The van der Waals surface area contributed by atoms with Crippen molar-refractivity contribution in [3.05, 3.63) is 47.4 Å². The van der Waals surface area contributed by atoms with E-state index in [0.29, 0.717) is 6.54 Å². The van der Waals surface area contributed by atoms with E-state index in [0.717, 1.165) is 33.6 Å². The molecule has 0 saturated heterocycles. The average Bonchev–Trinajstić information content (AvgIpc) is 2.73. The maximum atomic E-state index is 6.24. The second-order valence-corrected chi connectivity index (χ2v) is 4.41. The second kappa shape index (κ2) is 4.02. The van der Waals surface area contributed by atoms with E-state index >= 15 is 0 Å². The third kappa shape index (κ3) is 1.59. The van der Waals surface area contributed by atoms with Crippen molar-refractivity contribution < 1.29 is 0 Å².